The first kappa shape index (κ1) is 13.3. The zero-order chi connectivity index (χ0) is 13.3. The number of piperidine rings is 1. The van der Waals surface area contributed by atoms with E-state index in [-0.39, 0.29) is 30.8 Å². The molecule has 0 aromatic rings. The molecule has 6 nitrogen and oxygen atoms in total. The maximum Gasteiger partial charge on any atom is 0.326 e. The molecule has 102 valence electrons. The number of nitrogens with one attached hydrogen (secondary N) is 1. The van der Waals surface area contributed by atoms with Crippen LogP contribution in [0.2, 0.25) is 0 Å². The van der Waals surface area contributed by atoms with Crippen LogP contribution in [0, 0.1) is 5.92 Å². The number of likely N-dealkylation sites (tertiary alicyclic amines) is 1. The maximum atomic E-state index is 12.3. The van der Waals surface area contributed by atoms with Crippen LogP contribution in [0.5, 0.6) is 0 Å². The summed E-state index contributed by atoms with van der Waals surface area (Å²) in [5.74, 6) is -1.26. The van der Waals surface area contributed by atoms with Gasteiger partial charge in [-0.2, -0.15) is 0 Å². The average molecular weight is 256 g/mol. The Labute approximate surface area is 106 Å². The molecule has 18 heavy (non-hydrogen) atoms. The summed E-state index contributed by atoms with van der Waals surface area (Å²) in [6, 6.07) is -0.582. The summed E-state index contributed by atoms with van der Waals surface area (Å²) in [6.07, 6.45) is 0.899. The maximum absolute atomic E-state index is 12.3. The third-order valence-electron chi connectivity index (χ3n) is 3.82. The molecule has 2 fully saturated rings. The molecule has 1 amide bonds. The van der Waals surface area contributed by atoms with E-state index in [1.165, 1.54) is 4.90 Å². The van der Waals surface area contributed by atoms with Crippen molar-refractivity contribution in [2.24, 2.45) is 5.92 Å². The molecular weight excluding hydrogens is 236 g/mol. The molecule has 0 aromatic heterocycles. The number of hydrogen-bond donors (Lipinski definition) is 3. The number of aliphatic carboxylic acids is 1. The Morgan fingerprint density at radius 2 is 2.06 bits per heavy atom. The molecule has 0 radical (unpaired) electrons. The van der Waals surface area contributed by atoms with Crippen LogP contribution in [0.25, 0.3) is 0 Å². The molecule has 3 N–H and O–H groups in total. The van der Waals surface area contributed by atoms with Crippen molar-refractivity contribution < 1.29 is 19.8 Å². The Morgan fingerprint density at radius 1 is 1.33 bits per heavy atom. The molecule has 0 aliphatic carbocycles. The van der Waals surface area contributed by atoms with Gasteiger partial charge in [0.1, 0.15) is 6.04 Å². The first-order valence-electron chi connectivity index (χ1n) is 6.43. The molecule has 2 unspecified atom stereocenters. The summed E-state index contributed by atoms with van der Waals surface area (Å²) in [5.41, 5.74) is 0. The number of carbonyl (C=O) groups is 2. The predicted molar refractivity (Wildman–Crippen MR) is 63.9 cm³/mol. The van der Waals surface area contributed by atoms with Crippen LogP contribution in [-0.4, -0.2) is 58.3 Å². The minimum atomic E-state index is -1.03. The normalized spacial score (nSPS) is 36.7. The Kier molecular flexibility index (Phi) is 3.87. The second-order valence-electron chi connectivity index (χ2n) is 5.31. The lowest BCUT2D eigenvalue weighted by Crippen LogP contribution is -2.47. The lowest BCUT2D eigenvalue weighted by molar-refractivity contribution is -0.150. The van der Waals surface area contributed by atoms with Gasteiger partial charge in [-0.1, -0.05) is 0 Å². The van der Waals surface area contributed by atoms with Crippen molar-refractivity contribution in [1.29, 1.82) is 0 Å². The van der Waals surface area contributed by atoms with Gasteiger partial charge in [0.15, 0.2) is 0 Å². The van der Waals surface area contributed by atoms with Crippen molar-refractivity contribution in [3.63, 3.8) is 0 Å². The van der Waals surface area contributed by atoms with E-state index in [4.69, 9.17) is 5.11 Å². The first-order valence-corrected chi connectivity index (χ1v) is 6.43. The molecule has 0 aromatic carbocycles. The second-order valence-corrected chi connectivity index (χ2v) is 5.31. The van der Waals surface area contributed by atoms with Gasteiger partial charge >= 0.3 is 5.97 Å². The van der Waals surface area contributed by atoms with E-state index in [1.807, 2.05) is 6.92 Å². The molecule has 0 spiro atoms. The molecule has 2 aliphatic heterocycles. The molecule has 0 saturated carbocycles. The topological polar surface area (TPSA) is 89.9 Å². The minimum Gasteiger partial charge on any atom is -0.480 e. The summed E-state index contributed by atoms with van der Waals surface area (Å²) < 4.78 is 0. The molecule has 0 bridgehead atoms. The molecular formula is C12H20N2O4. The van der Waals surface area contributed by atoms with Gasteiger partial charge in [-0.05, 0) is 26.3 Å². The van der Waals surface area contributed by atoms with Crippen LogP contribution in [0.15, 0.2) is 0 Å². The van der Waals surface area contributed by atoms with Gasteiger partial charge < -0.3 is 20.4 Å². The summed E-state index contributed by atoms with van der Waals surface area (Å²) in [7, 11) is 0. The first-order chi connectivity index (χ1) is 8.49. The number of aliphatic hydroxyl groups excluding tert-OH is 1. The standard InChI is InChI=1S/C12H20N2O4/c1-7-4-8(2-3-13-7)11(16)14-6-9(15)5-10(14)12(17)18/h7-10,13,15H,2-6H2,1H3,(H,17,18)/t7?,8?,9-,10-/m1/s1. The van der Waals surface area contributed by atoms with Crippen LogP contribution in [0.3, 0.4) is 0 Å². The highest BCUT2D eigenvalue weighted by molar-refractivity contribution is 5.86. The lowest BCUT2D eigenvalue weighted by atomic mass is 9.92. The van der Waals surface area contributed by atoms with Gasteiger partial charge in [0.05, 0.1) is 6.10 Å². The largest absolute Gasteiger partial charge is 0.480 e. The Balaban J connectivity index is 2.05. The van der Waals surface area contributed by atoms with Gasteiger partial charge in [-0.25, -0.2) is 4.79 Å². The van der Waals surface area contributed by atoms with Gasteiger partial charge in [-0.15, -0.1) is 0 Å². The number of aliphatic hydroxyl groups is 1. The molecule has 2 rings (SSSR count). The van der Waals surface area contributed by atoms with E-state index in [0.29, 0.717) is 0 Å². The number of rotatable bonds is 2. The number of carboxylic acids is 1. The van der Waals surface area contributed by atoms with Crippen molar-refractivity contribution in [3.8, 4) is 0 Å². The number of carboxylic acid groups (broad SMARTS) is 1. The SMILES string of the molecule is CC1CC(C(=O)N2C[C@H](O)C[C@@H]2C(=O)O)CCN1. The summed E-state index contributed by atoms with van der Waals surface area (Å²) in [4.78, 5) is 24.8. The van der Waals surface area contributed by atoms with E-state index in [0.717, 1.165) is 19.4 Å². The zero-order valence-electron chi connectivity index (χ0n) is 10.5. The molecule has 4 atom stereocenters. The Bertz CT molecular complexity index is 347. The number of amides is 1. The molecule has 6 heteroatoms. The summed E-state index contributed by atoms with van der Waals surface area (Å²) in [6.45, 7) is 2.95. The Morgan fingerprint density at radius 3 is 2.67 bits per heavy atom. The lowest BCUT2D eigenvalue weighted by Gasteiger charge is -2.31. The number of hydrogen-bond acceptors (Lipinski definition) is 4. The van der Waals surface area contributed by atoms with Crippen molar-refractivity contribution in [2.45, 2.75) is 44.4 Å². The number of β-amino-alcohol motifs (C(OH)–C–C–N with tert-alkyl or cyclic N) is 1. The van der Waals surface area contributed by atoms with Crippen molar-refractivity contribution in [3.05, 3.63) is 0 Å². The fourth-order valence-electron chi connectivity index (χ4n) is 2.88. The molecule has 2 aliphatic rings. The quantitative estimate of drug-likeness (QED) is 0.615. The van der Waals surface area contributed by atoms with E-state index < -0.39 is 18.1 Å². The van der Waals surface area contributed by atoms with E-state index in [9.17, 15) is 14.7 Å². The van der Waals surface area contributed by atoms with Crippen LogP contribution >= 0.6 is 0 Å². The van der Waals surface area contributed by atoms with Gasteiger partial charge in [0.25, 0.3) is 0 Å². The number of carbonyl (C=O) groups excluding carboxylic acids is 1. The highest BCUT2D eigenvalue weighted by atomic mass is 16.4. The summed E-state index contributed by atoms with van der Waals surface area (Å²) >= 11 is 0. The fourth-order valence-corrected chi connectivity index (χ4v) is 2.88. The van der Waals surface area contributed by atoms with Gasteiger partial charge in [0, 0.05) is 24.9 Å². The van der Waals surface area contributed by atoms with Crippen molar-refractivity contribution in [2.75, 3.05) is 13.1 Å². The fraction of sp³-hybridized carbons (Fsp3) is 0.833. The highest BCUT2D eigenvalue weighted by Gasteiger charge is 2.41. The third-order valence-corrected chi connectivity index (χ3v) is 3.82. The Hall–Kier alpha value is -1.14. The number of nitrogens with zero attached hydrogens (tertiary/aromatic N) is 1. The zero-order valence-corrected chi connectivity index (χ0v) is 10.5. The predicted octanol–water partition coefficient (Wildman–Crippen LogP) is -0.579. The van der Waals surface area contributed by atoms with E-state index >= 15 is 0 Å². The molecule has 2 heterocycles. The van der Waals surface area contributed by atoms with Crippen LogP contribution in [-0.2, 0) is 9.59 Å². The van der Waals surface area contributed by atoms with E-state index in [1.54, 1.807) is 0 Å². The smallest absolute Gasteiger partial charge is 0.326 e. The van der Waals surface area contributed by atoms with Crippen LogP contribution in [0.1, 0.15) is 26.2 Å². The average Bonchev–Trinajstić information content (AvgIpc) is 2.70. The highest BCUT2D eigenvalue weighted by Crippen LogP contribution is 2.25. The van der Waals surface area contributed by atoms with Gasteiger partial charge in [0.2, 0.25) is 5.91 Å². The monoisotopic (exact) mass is 256 g/mol. The van der Waals surface area contributed by atoms with Crippen molar-refractivity contribution >= 4 is 11.9 Å². The minimum absolute atomic E-state index is 0.117. The van der Waals surface area contributed by atoms with Gasteiger partial charge in [-0.3, -0.25) is 4.79 Å². The van der Waals surface area contributed by atoms with E-state index in [2.05, 4.69) is 5.32 Å². The van der Waals surface area contributed by atoms with Crippen LogP contribution in [0.4, 0.5) is 0 Å². The van der Waals surface area contributed by atoms with Crippen molar-refractivity contribution in [1.82, 2.24) is 10.2 Å². The second kappa shape index (κ2) is 5.24. The molecule has 2 saturated heterocycles. The van der Waals surface area contributed by atoms with Crippen LogP contribution < -0.4 is 5.32 Å². The third kappa shape index (κ3) is 2.64. The summed E-state index contributed by atoms with van der Waals surface area (Å²) in [5, 5.41) is 21.9.